The zero-order chi connectivity index (χ0) is 9.84. The van der Waals surface area contributed by atoms with E-state index in [1.165, 1.54) is 0 Å². The first-order chi connectivity index (χ1) is 6.20. The van der Waals surface area contributed by atoms with Crippen LogP contribution in [-0.2, 0) is 4.79 Å². The van der Waals surface area contributed by atoms with Gasteiger partial charge in [0.25, 0.3) is 0 Å². The normalized spacial score (nSPS) is 33.3. The van der Waals surface area contributed by atoms with E-state index < -0.39 is 0 Å². The van der Waals surface area contributed by atoms with E-state index in [9.17, 15) is 4.79 Å². The standard InChI is InChI=1S/C9H18N2O2/c1-6-2-3-7(4-5-12)8(6)9(13)11-10/h6-8,12H,2-5,10H2,1H3,(H,11,13)/t6-,7-,8?/m1/s1. The van der Waals surface area contributed by atoms with Gasteiger partial charge in [-0.3, -0.25) is 10.2 Å². The zero-order valence-corrected chi connectivity index (χ0v) is 7.99. The minimum atomic E-state index is -0.0801. The van der Waals surface area contributed by atoms with E-state index in [4.69, 9.17) is 10.9 Å². The summed E-state index contributed by atoms with van der Waals surface area (Å²) in [5.74, 6) is 5.73. The summed E-state index contributed by atoms with van der Waals surface area (Å²) in [4.78, 5) is 11.4. The Morgan fingerprint density at radius 2 is 2.31 bits per heavy atom. The van der Waals surface area contributed by atoms with Gasteiger partial charge in [-0.25, -0.2) is 5.84 Å². The van der Waals surface area contributed by atoms with Crippen molar-refractivity contribution in [2.45, 2.75) is 26.2 Å². The first kappa shape index (κ1) is 10.5. The van der Waals surface area contributed by atoms with Gasteiger partial charge in [0.2, 0.25) is 5.91 Å². The van der Waals surface area contributed by atoms with Gasteiger partial charge >= 0.3 is 0 Å². The molecule has 0 saturated heterocycles. The van der Waals surface area contributed by atoms with E-state index in [1.54, 1.807) is 0 Å². The maximum Gasteiger partial charge on any atom is 0.237 e. The van der Waals surface area contributed by atoms with Crippen molar-refractivity contribution < 1.29 is 9.90 Å². The lowest BCUT2D eigenvalue weighted by Crippen LogP contribution is -2.39. The van der Waals surface area contributed by atoms with Gasteiger partial charge < -0.3 is 5.11 Å². The van der Waals surface area contributed by atoms with E-state index in [-0.39, 0.29) is 18.4 Å². The Morgan fingerprint density at radius 1 is 1.62 bits per heavy atom. The number of amides is 1. The minimum absolute atomic E-state index is 0.00264. The molecular weight excluding hydrogens is 168 g/mol. The molecule has 4 nitrogen and oxygen atoms in total. The van der Waals surface area contributed by atoms with Crippen molar-refractivity contribution in [3.8, 4) is 0 Å². The topological polar surface area (TPSA) is 75.3 Å². The maximum absolute atomic E-state index is 11.4. The van der Waals surface area contributed by atoms with Gasteiger partial charge in [0.1, 0.15) is 0 Å². The molecule has 4 heteroatoms. The molecular formula is C9H18N2O2. The molecule has 1 fully saturated rings. The number of aliphatic hydroxyl groups excluding tert-OH is 1. The monoisotopic (exact) mass is 186 g/mol. The highest BCUT2D eigenvalue weighted by Gasteiger charge is 2.37. The molecule has 0 aromatic heterocycles. The van der Waals surface area contributed by atoms with Crippen molar-refractivity contribution in [1.29, 1.82) is 0 Å². The number of aliphatic hydroxyl groups is 1. The summed E-state index contributed by atoms with van der Waals surface area (Å²) < 4.78 is 0. The van der Waals surface area contributed by atoms with Gasteiger partial charge in [0.05, 0.1) is 0 Å². The van der Waals surface area contributed by atoms with Gasteiger partial charge in [0, 0.05) is 12.5 Å². The van der Waals surface area contributed by atoms with Crippen molar-refractivity contribution in [1.82, 2.24) is 5.43 Å². The quantitative estimate of drug-likeness (QED) is 0.330. The number of nitrogens with one attached hydrogen (secondary N) is 1. The number of nitrogens with two attached hydrogens (primary N) is 1. The molecule has 1 saturated carbocycles. The second-order valence-electron chi connectivity index (χ2n) is 3.86. The molecule has 0 aromatic carbocycles. The molecule has 4 N–H and O–H groups in total. The van der Waals surface area contributed by atoms with Crippen molar-refractivity contribution in [3.05, 3.63) is 0 Å². The van der Waals surface area contributed by atoms with Gasteiger partial charge in [-0.2, -0.15) is 0 Å². The fourth-order valence-corrected chi connectivity index (χ4v) is 2.36. The Morgan fingerprint density at radius 3 is 2.85 bits per heavy atom. The third-order valence-electron chi connectivity index (χ3n) is 3.06. The Bertz CT molecular complexity index is 182. The van der Waals surface area contributed by atoms with Crippen LogP contribution in [0.4, 0.5) is 0 Å². The van der Waals surface area contributed by atoms with Crippen molar-refractivity contribution in [2.24, 2.45) is 23.6 Å². The van der Waals surface area contributed by atoms with Crippen LogP contribution in [0, 0.1) is 17.8 Å². The van der Waals surface area contributed by atoms with Crippen LogP contribution in [0.15, 0.2) is 0 Å². The van der Waals surface area contributed by atoms with Crippen LogP contribution in [0.25, 0.3) is 0 Å². The highest BCUT2D eigenvalue weighted by atomic mass is 16.3. The highest BCUT2D eigenvalue weighted by molar-refractivity contribution is 5.78. The molecule has 0 bridgehead atoms. The predicted molar refractivity (Wildman–Crippen MR) is 49.4 cm³/mol. The van der Waals surface area contributed by atoms with Crippen molar-refractivity contribution in [2.75, 3.05) is 6.61 Å². The highest BCUT2D eigenvalue weighted by Crippen LogP contribution is 2.38. The number of hydrazine groups is 1. The third kappa shape index (κ3) is 2.19. The number of carbonyl (C=O) groups excluding carboxylic acids is 1. The molecule has 1 unspecified atom stereocenters. The molecule has 1 aliphatic carbocycles. The lowest BCUT2D eigenvalue weighted by atomic mass is 9.88. The summed E-state index contributed by atoms with van der Waals surface area (Å²) >= 11 is 0. The van der Waals surface area contributed by atoms with Crippen molar-refractivity contribution >= 4 is 5.91 Å². The van der Waals surface area contributed by atoms with Crippen LogP contribution in [0.5, 0.6) is 0 Å². The summed E-state index contributed by atoms with van der Waals surface area (Å²) in [6.07, 6.45) is 2.80. The lowest BCUT2D eigenvalue weighted by molar-refractivity contribution is -0.127. The van der Waals surface area contributed by atoms with Gasteiger partial charge in [0.15, 0.2) is 0 Å². The Labute approximate surface area is 78.5 Å². The molecule has 1 amide bonds. The largest absolute Gasteiger partial charge is 0.396 e. The minimum Gasteiger partial charge on any atom is -0.396 e. The first-order valence-electron chi connectivity index (χ1n) is 4.82. The second kappa shape index (κ2) is 4.58. The van der Waals surface area contributed by atoms with Gasteiger partial charge in [-0.1, -0.05) is 6.92 Å². The van der Waals surface area contributed by atoms with Gasteiger partial charge in [-0.15, -0.1) is 0 Å². The van der Waals surface area contributed by atoms with Crippen LogP contribution in [-0.4, -0.2) is 17.6 Å². The van der Waals surface area contributed by atoms with Crippen molar-refractivity contribution in [3.63, 3.8) is 0 Å². The smallest absolute Gasteiger partial charge is 0.237 e. The zero-order valence-electron chi connectivity index (χ0n) is 7.99. The van der Waals surface area contributed by atoms with Gasteiger partial charge in [-0.05, 0) is 31.1 Å². The molecule has 13 heavy (non-hydrogen) atoms. The molecule has 0 heterocycles. The SMILES string of the molecule is C[C@@H]1CC[C@H](CCO)C1C(=O)NN. The van der Waals surface area contributed by atoms with Crippen LogP contribution < -0.4 is 11.3 Å². The first-order valence-corrected chi connectivity index (χ1v) is 4.82. The summed E-state index contributed by atoms with van der Waals surface area (Å²) in [5, 5.41) is 8.82. The van der Waals surface area contributed by atoms with E-state index >= 15 is 0 Å². The molecule has 1 rings (SSSR count). The van der Waals surface area contributed by atoms with Crippen LogP contribution in [0.1, 0.15) is 26.2 Å². The fourth-order valence-electron chi connectivity index (χ4n) is 2.36. The Kier molecular flexibility index (Phi) is 3.69. The molecule has 3 atom stereocenters. The average molecular weight is 186 g/mol. The van der Waals surface area contributed by atoms with E-state index in [1.807, 2.05) is 0 Å². The maximum atomic E-state index is 11.4. The predicted octanol–water partition coefficient (Wildman–Crippen LogP) is 0.0210. The summed E-state index contributed by atoms with van der Waals surface area (Å²) in [6, 6.07) is 0. The molecule has 1 aliphatic rings. The molecule has 0 aliphatic heterocycles. The van der Waals surface area contributed by atoms with E-state index in [2.05, 4.69) is 12.3 Å². The number of hydrogen-bond acceptors (Lipinski definition) is 3. The number of hydrogen-bond donors (Lipinski definition) is 3. The number of carbonyl (C=O) groups is 1. The molecule has 0 radical (unpaired) electrons. The second-order valence-corrected chi connectivity index (χ2v) is 3.86. The number of rotatable bonds is 3. The average Bonchev–Trinajstić information content (AvgIpc) is 2.47. The summed E-state index contributed by atoms with van der Waals surface area (Å²) in [7, 11) is 0. The Balaban J connectivity index is 2.59. The molecule has 76 valence electrons. The van der Waals surface area contributed by atoms with E-state index in [0.717, 1.165) is 12.8 Å². The van der Waals surface area contributed by atoms with Crippen LogP contribution in [0.2, 0.25) is 0 Å². The molecule has 0 spiro atoms. The fraction of sp³-hybridized carbons (Fsp3) is 0.889. The lowest BCUT2D eigenvalue weighted by Gasteiger charge is -2.19. The third-order valence-corrected chi connectivity index (χ3v) is 3.06. The van der Waals surface area contributed by atoms with Crippen LogP contribution >= 0.6 is 0 Å². The van der Waals surface area contributed by atoms with Crippen LogP contribution in [0.3, 0.4) is 0 Å². The Hall–Kier alpha value is -0.610. The summed E-state index contributed by atoms with van der Waals surface area (Å²) in [6.45, 7) is 2.23. The molecule has 0 aromatic rings. The van der Waals surface area contributed by atoms with E-state index in [0.29, 0.717) is 18.3 Å². The summed E-state index contributed by atoms with van der Waals surface area (Å²) in [5.41, 5.74) is 2.21.